The monoisotopic (exact) mass is 374 g/mol. The highest BCUT2D eigenvalue weighted by molar-refractivity contribution is 6.32. The molecule has 0 amide bonds. The van der Waals surface area contributed by atoms with Crippen molar-refractivity contribution in [1.29, 1.82) is 0 Å². The fourth-order valence-corrected chi connectivity index (χ4v) is 2.82. The number of nitrogens with zero attached hydrogens (tertiary/aromatic N) is 2. The SMILES string of the molecule is O=C(O)COc1ccc(C=Nc2ccc(N3CCOCC3)cc2)cc1Cl. The van der Waals surface area contributed by atoms with Crippen LogP contribution < -0.4 is 9.64 Å². The van der Waals surface area contributed by atoms with Gasteiger partial charge in [-0.1, -0.05) is 11.6 Å². The first-order valence-corrected chi connectivity index (χ1v) is 8.60. The zero-order valence-electron chi connectivity index (χ0n) is 14.1. The topological polar surface area (TPSA) is 71.4 Å². The molecule has 0 saturated carbocycles. The Bertz CT molecular complexity index is 787. The van der Waals surface area contributed by atoms with E-state index in [1.807, 2.05) is 24.3 Å². The molecule has 136 valence electrons. The summed E-state index contributed by atoms with van der Waals surface area (Å²) in [4.78, 5) is 17.3. The molecule has 6 nitrogen and oxygen atoms in total. The number of morpholine rings is 1. The average molecular weight is 375 g/mol. The standard InChI is InChI=1S/C19H19ClN2O4/c20-17-11-14(1-6-18(17)26-13-19(23)24)12-21-15-2-4-16(5-3-15)22-7-9-25-10-8-22/h1-6,11-12H,7-10,13H2,(H,23,24). The number of aliphatic carboxylic acids is 1. The lowest BCUT2D eigenvalue weighted by molar-refractivity contribution is -0.139. The minimum Gasteiger partial charge on any atom is -0.480 e. The van der Waals surface area contributed by atoms with E-state index in [1.54, 1.807) is 24.4 Å². The van der Waals surface area contributed by atoms with Crippen LogP contribution in [-0.2, 0) is 9.53 Å². The highest BCUT2D eigenvalue weighted by Gasteiger charge is 2.10. The van der Waals surface area contributed by atoms with E-state index < -0.39 is 12.6 Å². The van der Waals surface area contributed by atoms with Gasteiger partial charge >= 0.3 is 5.97 Å². The van der Waals surface area contributed by atoms with Gasteiger partial charge in [-0.15, -0.1) is 0 Å². The van der Waals surface area contributed by atoms with E-state index in [-0.39, 0.29) is 0 Å². The molecule has 26 heavy (non-hydrogen) atoms. The van der Waals surface area contributed by atoms with E-state index in [2.05, 4.69) is 9.89 Å². The Labute approximate surface area is 156 Å². The molecule has 1 N–H and O–H groups in total. The maximum absolute atomic E-state index is 10.5. The lowest BCUT2D eigenvalue weighted by atomic mass is 10.2. The van der Waals surface area contributed by atoms with Crippen molar-refractivity contribution in [3.05, 3.63) is 53.1 Å². The Balaban J connectivity index is 1.63. The number of carboxylic acid groups (broad SMARTS) is 1. The van der Waals surface area contributed by atoms with E-state index in [4.69, 9.17) is 26.2 Å². The molecule has 2 aromatic rings. The van der Waals surface area contributed by atoms with E-state index >= 15 is 0 Å². The number of rotatable bonds is 6. The third-order valence-electron chi connectivity index (χ3n) is 3.90. The Morgan fingerprint density at radius 3 is 2.62 bits per heavy atom. The minimum atomic E-state index is -1.05. The summed E-state index contributed by atoms with van der Waals surface area (Å²) in [7, 11) is 0. The molecule has 0 spiro atoms. The molecule has 0 bridgehead atoms. The van der Waals surface area contributed by atoms with Gasteiger partial charge in [-0.05, 0) is 48.0 Å². The molecule has 1 aliphatic rings. The summed E-state index contributed by atoms with van der Waals surface area (Å²) < 4.78 is 10.5. The van der Waals surface area contributed by atoms with Crippen LogP contribution in [0.2, 0.25) is 5.02 Å². The van der Waals surface area contributed by atoms with E-state index in [0.29, 0.717) is 10.8 Å². The van der Waals surface area contributed by atoms with Gasteiger partial charge in [-0.25, -0.2) is 4.79 Å². The first-order chi connectivity index (χ1) is 12.6. The van der Waals surface area contributed by atoms with Gasteiger partial charge in [0.25, 0.3) is 0 Å². The number of aliphatic imine (C=N–C) groups is 1. The number of carboxylic acids is 1. The van der Waals surface area contributed by atoms with Crippen LogP contribution in [0.5, 0.6) is 5.75 Å². The zero-order chi connectivity index (χ0) is 18.4. The summed E-state index contributed by atoms with van der Waals surface area (Å²) in [5, 5.41) is 8.98. The molecule has 0 radical (unpaired) electrons. The van der Waals surface area contributed by atoms with Crippen molar-refractivity contribution in [3.63, 3.8) is 0 Å². The summed E-state index contributed by atoms with van der Waals surface area (Å²) in [6.45, 7) is 2.89. The van der Waals surface area contributed by atoms with Crippen LogP contribution in [0.3, 0.4) is 0 Å². The van der Waals surface area contributed by atoms with E-state index in [9.17, 15) is 4.79 Å². The zero-order valence-corrected chi connectivity index (χ0v) is 14.9. The van der Waals surface area contributed by atoms with Crippen molar-refractivity contribution < 1.29 is 19.4 Å². The van der Waals surface area contributed by atoms with Crippen molar-refractivity contribution >= 4 is 35.2 Å². The Kier molecular flexibility index (Phi) is 6.09. The fourth-order valence-electron chi connectivity index (χ4n) is 2.57. The van der Waals surface area contributed by atoms with Crippen LogP contribution in [0.1, 0.15) is 5.56 Å². The molecule has 3 rings (SSSR count). The van der Waals surface area contributed by atoms with Crippen molar-refractivity contribution in [1.82, 2.24) is 0 Å². The molecule has 2 aromatic carbocycles. The molecular formula is C19H19ClN2O4. The van der Waals surface area contributed by atoms with Crippen LogP contribution in [0, 0.1) is 0 Å². The first-order valence-electron chi connectivity index (χ1n) is 8.23. The van der Waals surface area contributed by atoms with Gasteiger partial charge in [0.2, 0.25) is 0 Å². The molecule has 0 atom stereocenters. The van der Waals surface area contributed by atoms with Crippen molar-refractivity contribution in [2.24, 2.45) is 4.99 Å². The smallest absolute Gasteiger partial charge is 0.341 e. The maximum Gasteiger partial charge on any atom is 0.341 e. The largest absolute Gasteiger partial charge is 0.480 e. The number of hydrogen-bond donors (Lipinski definition) is 1. The van der Waals surface area contributed by atoms with Crippen LogP contribution in [0.4, 0.5) is 11.4 Å². The van der Waals surface area contributed by atoms with Crippen LogP contribution in [-0.4, -0.2) is 50.2 Å². The molecular weight excluding hydrogens is 356 g/mol. The average Bonchev–Trinajstić information content (AvgIpc) is 2.66. The van der Waals surface area contributed by atoms with Crippen molar-refractivity contribution in [3.8, 4) is 5.75 Å². The van der Waals surface area contributed by atoms with Crippen LogP contribution >= 0.6 is 11.6 Å². The molecule has 0 aliphatic carbocycles. The lowest BCUT2D eigenvalue weighted by Gasteiger charge is -2.28. The number of anilines is 1. The molecule has 1 heterocycles. The van der Waals surface area contributed by atoms with Gasteiger partial charge in [-0.3, -0.25) is 4.99 Å². The molecule has 1 saturated heterocycles. The molecule has 1 fully saturated rings. The quantitative estimate of drug-likeness (QED) is 0.785. The second-order valence-corrected chi connectivity index (χ2v) is 6.15. The number of ether oxygens (including phenoxy) is 2. The summed E-state index contributed by atoms with van der Waals surface area (Å²) in [5.74, 6) is -0.715. The second-order valence-electron chi connectivity index (χ2n) is 5.75. The summed E-state index contributed by atoms with van der Waals surface area (Å²) in [6.07, 6.45) is 1.70. The highest BCUT2D eigenvalue weighted by Crippen LogP contribution is 2.25. The first kappa shape index (κ1) is 18.2. The number of carbonyl (C=O) groups is 1. The van der Waals surface area contributed by atoms with Gasteiger partial charge in [0, 0.05) is 25.0 Å². The molecule has 1 aliphatic heterocycles. The fraction of sp³-hybridized carbons (Fsp3) is 0.263. The van der Waals surface area contributed by atoms with Gasteiger partial charge in [-0.2, -0.15) is 0 Å². The van der Waals surface area contributed by atoms with Crippen LogP contribution in [0.15, 0.2) is 47.5 Å². The Hall–Kier alpha value is -2.57. The predicted molar refractivity (Wildman–Crippen MR) is 101 cm³/mol. The number of hydrogen-bond acceptors (Lipinski definition) is 5. The summed E-state index contributed by atoms with van der Waals surface area (Å²) >= 11 is 6.11. The highest BCUT2D eigenvalue weighted by atomic mass is 35.5. The van der Waals surface area contributed by atoms with Gasteiger partial charge in [0.05, 0.1) is 23.9 Å². The van der Waals surface area contributed by atoms with Gasteiger partial charge < -0.3 is 19.5 Å². The van der Waals surface area contributed by atoms with Crippen molar-refractivity contribution in [2.45, 2.75) is 0 Å². The third-order valence-corrected chi connectivity index (χ3v) is 4.19. The predicted octanol–water partition coefficient (Wildman–Crippen LogP) is 3.39. The Morgan fingerprint density at radius 1 is 1.23 bits per heavy atom. The molecule has 7 heteroatoms. The van der Waals surface area contributed by atoms with E-state index in [1.165, 1.54) is 0 Å². The maximum atomic E-state index is 10.5. The van der Waals surface area contributed by atoms with Crippen molar-refractivity contribution in [2.75, 3.05) is 37.8 Å². The molecule has 0 unspecified atom stereocenters. The molecule has 0 aromatic heterocycles. The lowest BCUT2D eigenvalue weighted by Crippen LogP contribution is -2.36. The second kappa shape index (κ2) is 8.69. The third kappa shape index (κ3) is 4.97. The van der Waals surface area contributed by atoms with Gasteiger partial charge in [0.15, 0.2) is 6.61 Å². The van der Waals surface area contributed by atoms with Gasteiger partial charge in [0.1, 0.15) is 5.75 Å². The minimum absolute atomic E-state index is 0.334. The Morgan fingerprint density at radius 2 is 1.96 bits per heavy atom. The number of halogens is 1. The van der Waals surface area contributed by atoms with E-state index in [0.717, 1.165) is 43.2 Å². The summed E-state index contributed by atoms with van der Waals surface area (Å²) in [5.41, 5.74) is 2.80. The van der Waals surface area contributed by atoms with Crippen LogP contribution in [0.25, 0.3) is 0 Å². The normalized spacial score (nSPS) is 14.6. The number of benzene rings is 2. The summed E-state index contributed by atoms with van der Waals surface area (Å²) in [6, 6.07) is 13.1.